The highest BCUT2D eigenvalue weighted by molar-refractivity contribution is 7.47. The van der Waals surface area contributed by atoms with Gasteiger partial charge in [0.15, 0.2) is 12.2 Å². The monoisotopic (exact) mass is 1550 g/mol. The molecule has 19 heteroatoms. The van der Waals surface area contributed by atoms with Crippen LogP contribution in [0.25, 0.3) is 0 Å². The van der Waals surface area contributed by atoms with Gasteiger partial charge in [0, 0.05) is 25.7 Å². The maximum Gasteiger partial charge on any atom is 0.472 e. The van der Waals surface area contributed by atoms with Gasteiger partial charge in [-0.25, -0.2) is 9.13 Å². The van der Waals surface area contributed by atoms with E-state index in [4.69, 9.17) is 37.0 Å². The Balaban J connectivity index is 5.41. The van der Waals surface area contributed by atoms with Crippen LogP contribution in [-0.2, 0) is 65.4 Å². The Bertz CT molecular complexity index is 2660. The quantitative estimate of drug-likeness (QED) is 0.0169. The molecule has 0 spiro atoms. The first-order valence-corrected chi connectivity index (χ1v) is 44.7. The summed E-state index contributed by atoms with van der Waals surface area (Å²) in [5, 5.41) is 10.7. The molecule has 5 atom stereocenters. The topological polar surface area (TPSA) is 237 Å². The number of phosphoric acid groups is 2. The number of esters is 4. The van der Waals surface area contributed by atoms with Crippen molar-refractivity contribution in [3.8, 4) is 0 Å². The number of carbonyl (C=O) groups is 4. The first-order chi connectivity index (χ1) is 52.7. The molecule has 0 aliphatic rings. The average Bonchev–Trinajstić information content (AvgIpc) is 0.923. The summed E-state index contributed by atoms with van der Waals surface area (Å²) in [6.07, 6.45) is 93.4. The van der Waals surface area contributed by atoms with Gasteiger partial charge in [0.2, 0.25) is 0 Å². The van der Waals surface area contributed by atoms with Crippen molar-refractivity contribution in [2.45, 2.75) is 341 Å². The van der Waals surface area contributed by atoms with Gasteiger partial charge in [-0.1, -0.05) is 288 Å². The van der Waals surface area contributed by atoms with Crippen molar-refractivity contribution in [3.63, 3.8) is 0 Å². The fraction of sp³-hybridized carbons (Fsp3) is 0.663. The van der Waals surface area contributed by atoms with Gasteiger partial charge in [0.1, 0.15) is 19.3 Å². The molecular formula is C89H148O17P2. The van der Waals surface area contributed by atoms with Crippen LogP contribution < -0.4 is 0 Å². The molecule has 0 aromatic carbocycles. The number of rotatable bonds is 77. The van der Waals surface area contributed by atoms with Crippen LogP contribution in [0.5, 0.6) is 0 Å². The molecule has 0 saturated carbocycles. The van der Waals surface area contributed by atoms with Gasteiger partial charge in [-0.3, -0.25) is 37.3 Å². The molecule has 0 heterocycles. The molecule has 17 nitrogen and oxygen atoms in total. The number of aliphatic hydroxyl groups is 1. The molecule has 0 amide bonds. The lowest BCUT2D eigenvalue weighted by Crippen LogP contribution is -2.30. The molecule has 0 fully saturated rings. The van der Waals surface area contributed by atoms with Crippen molar-refractivity contribution in [2.24, 2.45) is 0 Å². The second-order valence-electron chi connectivity index (χ2n) is 27.3. The third-order valence-electron chi connectivity index (χ3n) is 17.0. The molecule has 0 bridgehead atoms. The van der Waals surface area contributed by atoms with Crippen molar-refractivity contribution in [2.75, 3.05) is 39.6 Å². The number of aliphatic hydroxyl groups excluding tert-OH is 1. The number of carbonyl (C=O) groups excluding carboxylic acids is 4. The van der Waals surface area contributed by atoms with Crippen LogP contribution in [-0.4, -0.2) is 96.7 Å². The molecular weight excluding hydrogens is 1400 g/mol. The zero-order valence-electron chi connectivity index (χ0n) is 67.5. The molecule has 616 valence electrons. The number of allylic oxidation sites excluding steroid dienone is 26. The van der Waals surface area contributed by atoms with Gasteiger partial charge in [0.05, 0.1) is 26.4 Å². The summed E-state index contributed by atoms with van der Waals surface area (Å²) in [7, 11) is -9.99. The number of ether oxygens (including phenoxy) is 4. The lowest BCUT2D eigenvalue weighted by molar-refractivity contribution is -0.161. The van der Waals surface area contributed by atoms with Crippen molar-refractivity contribution in [3.05, 3.63) is 158 Å². The Morgan fingerprint density at radius 3 is 0.741 bits per heavy atom. The predicted octanol–water partition coefficient (Wildman–Crippen LogP) is 24.8. The van der Waals surface area contributed by atoms with E-state index in [2.05, 4.69) is 186 Å². The maximum atomic E-state index is 13.1. The van der Waals surface area contributed by atoms with Crippen molar-refractivity contribution >= 4 is 39.5 Å². The second-order valence-corrected chi connectivity index (χ2v) is 30.2. The van der Waals surface area contributed by atoms with Crippen LogP contribution in [0.1, 0.15) is 323 Å². The minimum Gasteiger partial charge on any atom is -0.462 e. The van der Waals surface area contributed by atoms with E-state index >= 15 is 0 Å². The van der Waals surface area contributed by atoms with Gasteiger partial charge >= 0.3 is 39.5 Å². The minimum atomic E-state index is -5.00. The van der Waals surface area contributed by atoms with Gasteiger partial charge in [-0.2, -0.15) is 0 Å². The van der Waals surface area contributed by atoms with Crippen LogP contribution in [0.3, 0.4) is 0 Å². The van der Waals surface area contributed by atoms with E-state index in [-0.39, 0.29) is 25.7 Å². The summed E-state index contributed by atoms with van der Waals surface area (Å²) < 4.78 is 68.7. The number of hydrogen-bond donors (Lipinski definition) is 3. The van der Waals surface area contributed by atoms with E-state index < -0.39 is 97.5 Å². The number of phosphoric ester groups is 2. The average molecular weight is 1550 g/mol. The van der Waals surface area contributed by atoms with E-state index in [0.29, 0.717) is 25.7 Å². The van der Waals surface area contributed by atoms with Crippen molar-refractivity contribution in [1.29, 1.82) is 0 Å². The summed E-state index contributed by atoms with van der Waals surface area (Å²) in [5.41, 5.74) is 0. The Kier molecular flexibility index (Phi) is 75.8. The summed E-state index contributed by atoms with van der Waals surface area (Å²) in [4.78, 5) is 73.2. The Morgan fingerprint density at radius 2 is 0.481 bits per heavy atom. The fourth-order valence-electron chi connectivity index (χ4n) is 10.7. The first-order valence-electron chi connectivity index (χ1n) is 41.7. The van der Waals surface area contributed by atoms with E-state index in [1.807, 2.05) is 0 Å². The third kappa shape index (κ3) is 78.8. The van der Waals surface area contributed by atoms with E-state index in [0.717, 1.165) is 225 Å². The van der Waals surface area contributed by atoms with Gasteiger partial charge in [0.25, 0.3) is 0 Å². The maximum absolute atomic E-state index is 13.1. The van der Waals surface area contributed by atoms with Gasteiger partial charge in [-0.15, -0.1) is 0 Å². The molecule has 0 radical (unpaired) electrons. The SMILES string of the molecule is CC/C=C\C/C=C\C/C=C\C/C=C\CCCCCCCCC(=O)OCC(COP(=O)(O)OCC(O)COP(=O)(O)OCC(COC(=O)CCCCCCCC/C=C\C/C=C\C/C=C\C/C=C\CC)OC(=O)CCCCCCC/C=C\C/C=C\CCCCC)OC(=O)CCCCCCC/C=C\C/C=C\C/C=C\CC. The summed E-state index contributed by atoms with van der Waals surface area (Å²) in [6.45, 7) is 4.46. The van der Waals surface area contributed by atoms with Crippen LogP contribution in [0.4, 0.5) is 0 Å². The second kappa shape index (κ2) is 79.8. The Hall–Kier alpha value is -5.32. The lowest BCUT2D eigenvalue weighted by Gasteiger charge is -2.21. The Morgan fingerprint density at radius 1 is 0.269 bits per heavy atom. The molecule has 108 heavy (non-hydrogen) atoms. The predicted molar refractivity (Wildman–Crippen MR) is 445 cm³/mol. The smallest absolute Gasteiger partial charge is 0.462 e. The Labute approximate surface area is 655 Å². The van der Waals surface area contributed by atoms with Crippen LogP contribution in [0, 0.1) is 0 Å². The van der Waals surface area contributed by atoms with Gasteiger partial charge in [-0.05, 0) is 167 Å². The van der Waals surface area contributed by atoms with Gasteiger partial charge < -0.3 is 33.8 Å². The third-order valence-corrected chi connectivity index (χ3v) is 18.9. The van der Waals surface area contributed by atoms with Crippen LogP contribution >= 0.6 is 15.6 Å². The molecule has 3 N–H and O–H groups in total. The molecule has 0 aromatic heterocycles. The van der Waals surface area contributed by atoms with Crippen LogP contribution in [0.15, 0.2) is 158 Å². The molecule has 5 unspecified atom stereocenters. The highest BCUT2D eigenvalue weighted by Gasteiger charge is 2.30. The highest BCUT2D eigenvalue weighted by atomic mass is 31.2. The van der Waals surface area contributed by atoms with E-state index in [1.165, 1.54) is 19.3 Å². The minimum absolute atomic E-state index is 0.0671. The van der Waals surface area contributed by atoms with E-state index in [9.17, 15) is 43.2 Å². The van der Waals surface area contributed by atoms with Crippen LogP contribution in [0.2, 0.25) is 0 Å². The molecule has 0 saturated heterocycles. The normalized spacial score (nSPS) is 14.6. The summed E-state index contributed by atoms with van der Waals surface area (Å²) in [6, 6.07) is 0. The number of hydrogen-bond acceptors (Lipinski definition) is 15. The molecule has 0 rings (SSSR count). The zero-order valence-corrected chi connectivity index (χ0v) is 69.3. The molecule has 0 aromatic rings. The summed E-state index contributed by atoms with van der Waals surface area (Å²) >= 11 is 0. The summed E-state index contributed by atoms with van der Waals surface area (Å²) in [5.74, 6) is -2.24. The zero-order chi connectivity index (χ0) is 78.9. The van der Waals surface area contributed by atoms with Crippen molar-refractivity contribution in [1.82, 2.24) is 0 Å². The first kappa shape index (κ1) is 103. The molecule has 0 aliphatic carbocycles. The standard InChI is InChI=1S/C89H148O17P2/c1-5-9-13-17-21-25-29-33-37-39-41-43-47-49-53-57-61-65-69-73-86(91)99-79-84(105-88(93)75-71-67-63-59-55-51-45-35-31-27-23-19-15-11-7-3)81-103-107(95,96)101-77-83(90)78-102-108(97,98)104-82-85(106-89(94)76-72-68-64-60-56-52-46-36-32-28-24-20-16-12-8-4)80-100-87(92)74-70-66-62-58-54-50-48-44-42-40-38-34-30-26-22-18-14-10-6-2/h9-11,13-15,21-28,33-38,41-46,83-85,90H,5-8,12,16-20,29-32,39-40,47-82H2,1-4H3,(H,95,96)(H,97,98)/b13-9-,14-10-,15-11-,25-21-,26-22-,27-23-,28-24-,37-33-,38-34-,43-41-,44-42-,45-35-,46-36-. The number of unbranched alkanes of at least 4 members (excludes halogenated alkanes) is 25. The lowest BCUT2D eigenvalue weighted by atomic mass is 10.1. The largest absolute Gasteiger partial charge is 0.472 e. The molecule has 0 aliphatic heterocycles. The van der Waals surface area contributed by atoms with Crippen molar-refractivity contribution < 1.29 is 80.2 Å². The fourth-order valence-corrected chi connectivity index (χ4v) is 12.3. The van der Waals surface area contributed by atoms with E-state index in [1.54, 1.807) is 0 Å². The highest BCUT2D eigenvalue weighted by Crippen LogP contribution is 2.45.